The Morgan fingerprint density at radius 3 is 2.85 bits per heavy atom. The summed E-state index contributed by atoms with van der Waals surface area (Å²) in [5.41, 5.74) is 0.180. The van der Waals surface area contributed by atoms with Crippen LogP contribution < -0.4 is 0 Å². The van der Waals surface area contributed by atoms with Crippen LogP contribution in [0.3, 0.4) is 0 Å². The van der Waals surface area contributed by atoms with Gasteiger partial charge in [0.05, 0.1) is 10.8 Å². The maximum Gasteiger partial charge on any atom is 0.338 e. The average molecular weight is 315 g/mol. The molecule has 1 N–H and O–H groups in total. The van der Waals surface area contributed by atoms with E-state index in [1.54, 1.807) is 12.3 Å². The number of carbonyl (C=O) groups is 1. The third-order valence-electron chi connectivity index (χ3n) is 3.46. The summed E-state index contributed by atoms with van der Waals surface area (Å²) in [7, 11) is -3.03. The lowest BCUT2D eigenvalue weighted by Crippen LogP contribution is -2.28. The Morgan fingerprint density at radius 2 is 2.20 bits per heavy atom. The minimum absolute atomic E-state index is 0.108. The summed E-state index contributed by atoms with van der Waals surface area (Å²) in [5.74, 6) is -1.00. The number of sulfone groups is 1. The number of rotatable bonds is 4. The topological polar surface area (TPSA) is 84.3 Å². The highest BCUT2D eigenvalue weighted by Crippen LogP contribution is 2.36. The van der Waals surface area contributed by atoms with Gasteiger partial charge in [-0.25, -0.2) is 18.2 Å². The highest BCUT2D eigenvalue weighted by atomic mass is 32.2. The molecule has 1 aromatic heterocycles. The first-order valence-corrected chi connectivity index (χ1v) is 9.25. The number of aromatic carboxylic acids is 1. The van der Waals surface area contributed by atoms with Crippen molar-refractivity contribution in [3.63, 3.8) is 0 Å². The van der Waals surface area contributed by atoms with Crippen LogP contribution in [-0.2, 0) is 9.84 Å². The van der Waals surface area contributed by atoms with Crippen LogP contribution in [0.1, 0.15) is 36.0 Å². The molecule has 0 radical (unpaired) electrons. The van der Waals surface area contributed by atoms with Crippen LogP contribution in [0.15, 0.2) is 23.4 Å². The lowest BCUT2D eigenvalue weighted by atomic mass is 10.00. The molecule has 110 valence electrons. The first-order valence-electron chi connectivity index (χ1n) is 6.41. The molecule has 0 bridgehead atoms. The van der Waals surface area contributed by atoms with Crippen molar-refractivity contribution in [1.29, 1.82) is 0 Å². The van der Waals surface area contributed by atoms with E-state index in [4.69, 9.17) is 5.11 Å². The minimum Gasteiger partial charge on any atom is -0.478 e. The maximum atomic E-state index is 11.6. The lowest BCUT2D eigenvalue weighted by Gasteiger charge is -2.27. The van der Waals surface area contributed by atoms with Gasteiger partial charge in [0.1, 0.15) is 14.9 Å². The van der Waals surface area contributed by atoms with Gasteiger partial charge in [-0.15, -0.1) is 11.8 Å². The first kappa shape index (κ1) is 15.3. The molecule has 1 fully saturated rings. The van der Waals surface area contributed by atoms with Crippen LogP contribution in [0.4, 0.5) is 0 Å². The number of thioether (sulfide) groups is 1. The fourth-order valence-corrected chi connectivity index (χ4v) is 5.03. The van der Waals surface area contributed by atoms with Gasteiger partial charge in [-0.1, -0.05) is 6.42 Å². The first-order chi connectivity index (χ1) is 9.38. The molecule has 5 nitrogen and oxygen atoms in total. The average Bonchev–Trinajstić information content (AvgIpc) is 2.38. The zero-order chi connectivity index (χ0) is 14.8. The monoisotopic (exact) mass is 315 g/mol. The second-order valence-electron chi connectivity index (χ2n) is 5.02. The smallest absolute Gasteiger partial charge is 0.338 e. The summed E-state index contributed by atoms with van der Waals surface area (Å²) in [6.45, 7) is 0. The molecule has 2 atom stereocenters. The number of aromatic nitrogens is 1. The molecule has 20 heavy (non-hydrogen) atoms. The number of pyridine rings is 1. The zero-order valence-electron chi connectivity index (χ0n) is 11.2. The van der Waals surface area contributed by atoms with Crippen LogP contribution in [-0.4, -0.2) is 41.2 Å². The molecule has 1 saturated carbocycles. The van der Waals surface area contributed by atoms with E-state index in [1.165, 1.54) is 24.1 Å². The van der Waals surface area contributed by atoms with Gasteiger partial charge in [-0.05, 0) is 31.4 Å². The molecule has 7 heteroatoms. The van der Waals surface area contributed by atoms with Crippen LogP contribution in [0.2, 0.25) is 0 Å². The summed E-state index contributed by atoms with van der Waals surface area (Å²) in [4.78, 5) is 15.3. The highest BCUT2D eigenvalue weighted by Gasteiger charge is 2.30. The van der Waals surface area contributed by atoms with Gasteiger partial charge in [0.2, 0.25) is 0 Å². The minimum atomic E-state index is -3.03. The largest absolute Gasteiger partial charge is 0.478 e. The quantitative estimate of drug-likeness (QED) is 0.917. The zero-order valence-corrected chi connectivity index (χ0v) is 12.8. The van der Waals surface area contributed by atoms with Gasteiger partial charge in [0.25, 0.3) is 0 Å². The summed E-state index contributed by atoms with van der Waals surface area (Å²) in [5, 5.41) is 9.39. The Bertz CT molecular complexity index is 600. The molecular formula is C13H17NO4S2. The summed E-state index contributed by atoms with van der Waals surface area (Å²) in [6, 6.07) is 3.11. The fourth-order valence-electron chi connectivity index (χ4n) is 2.40. The van der Waals surface area contributed by atoms with Gasteiger partial charge in [0, 0.05) is 17.7 Å². The maximum absolute atomic E-state index is 11.6. The second kappa shape index (κ2) is 6.13. The third kappa shape index (κ3) is 3.73. The highest BCUT2D eigenvalue weighted by molar-refractivity contribution is 8.00. The van der Waals surface area contributed by atoms with E-state index in [9.17, 15) is 13.2 Å². The van der Waals surface area contributed by atoms with Crippen LogP contribution in [0, 0.1) is 0 Å². The van der Waals surface area contributed by atoms with Crippen molar-refractivity contribution in [1.82, 2.24) is 4.98 Å². The van der Waals surface area contributed by atoms with E-state index in [0.717, 1.165) is 12.8 Å². The van der Waals surface area contributed by atoms with E-state index >= 15 is 0 Å². The van der Waals surface area contributed by atoms with Gasteiger partial charge >= 0.3 is 5.97 Å². The van der Waals surface area contributed by atoms with Crippen LogP contribution >= 0.6 is 11.8 Å². The number of hydrogen-bond acceptors (Lipinski definition) is 5. The van der Waals surface area contributed by atoms with Crippen LogP contribution in [0.5, 0.6) is 0 Å². The molecular weight excluding hydrogens is 298 g/mol. The molecule has 0 saturated heterocycles. The normalized spacial score (nSPS) is 23.4. The molecule has 1 aliphatic rings. The molecule has 0 spiro atoms. The van der Waals surface area contributed by atoms with Crippen LogP contribution in [0.25, 0.3) is 0 Å². The van der Waals surface area contributed by atoms with E-state index in [1.807, 2.05) is 0 Å². The summed E-state index contributed by atoms with van der Waals surface area (Å²) in [6.07, 6.45) is 5.85. The summed E-state index contributed by atoms with van der Waals surface area (Å²) >= 11 is 1.38. The predicted octanol–water partition coefficient (Wildman–Crippen LogP) is 2.23. The van der Waals surface area contributed by atoms with E-state index in [0.29, 0.717) is 17.9 Å². The lowest BCUT2D eigenvalue weighted by molar-refractivity contribution is 0.0692. The van der Waals surface area contributed by atoms with E-state index in [2.05, 4.69) is 4.98 Å². The number of hydrogen-bond donors (Lipinski definition) is 1. The Kier molecular flexibility index (Phi) is 4.70. The Balaban J connectivity index is 2.12. The standard InChI is InChI=1S/C13H17NO4S2/c1-20(17,18)10-5-2-4-9(8-10)19-12-11(13(15)16)6-3-7-14-12/h3,6-7,9-10H,2,4-5,8H2,1H3,(H,15,16). The molecule has 0 aromatic carbocycles. The number of carboxylic acid groups (broad SMARTS) is 1. The van der Waals surface area contributed by atoms with Gasteiger partial charge in [-0.2, -0.15) is 0 Å². The Morgan fingerprint density at radius 1 is 1.45 bits per heavy atom. The fraction of sp³-hybridized carbons (Fsp3) is 0.538. The number of nitrogens with zero attached hydrogens (tertiary/aromatic N) is 1. The molecule has 2 rings (SSSR count). The summed E-state index contributed by atoms with van der Waals surface area (Å²) < 4.78 is 23.3. The Hall–Kier alpha value is -1.08. The van der Waals surface area contributed by atoms with E-state index in [-0.39, 0.29) is 16.1 Å². The van der Waals surface area contributed by atoms with Crippen molar-refractivity contribution in [3.05, 3.63) is 23.9 Å². The van der Waals surface area contributed by atoms with Crippen molar-refractivity contribution in [3.8, 4) is 0 Å². The van der Waals surface area contributed by atoms with E-state index < -0.39 is 15.8 Å². The molecule has 1 aromatic rings. The van der Waals surface area contributed by atoms with Gasteiger partial charge in [0.15, 0.2) is 0 Å². The number of carboxylic acids is 1. The Labute approximate surface area is 122 Å². The van der Waals surface area contributed by atoms with Crippen molar-refractivity contribution in [2.24, 2.45) is 0 Å². The SMILES string of the molecule is CS(=O)(=O)C1CCCC(Sc2ncccc2C(=O)O)C1. The third-order valence-corrected chi connectivity index (χ3v) is 6.41. The molecule has 2 unspecified atom stereocenters. The molecule has 1 aliphatic carbocycles. The predicted molar refractivity (Wildman–Crippen MR) is 77.9 cm³/mol. The van der Waals surface area contributed by atoms with Gasteiger partial charge in [-0.3, -0.25) is 0 Å². The van der Waals surface area contributed by atoms with Crippen molar-refractivity contribution >= 4 is 27.6 Å². The molecule has 0 aliphatic heterocycles. The van der Waals surface area contributed by atoms with Crippen molar-refractivity contribution < 1.29 is 18.3 Å². The molecule has 0 amide bonds. The second-order valence-corrected chi connectivity index (χ2v) is 8.63. The van der Waals surface area contributed by atoms with Crippen molar-refractivity contribution in [2.45, 2.75) is 41.2 Å². The van der Waals surface area contributed by atoms with Gasteiger partial charge < -0.3 is 5.11 Å². The van der Waals surface area contributed by atoms with Crippen molar-refractivity contribution in [2.75, 3.05) is 6.26 Å². The molecule has 1 heterocycles.